The molecule has 1 heterocycles. The molecule has 0 spiro atoms. The molecule has 1 unspecified atom stereocenters. The van der Waals surface area contributed by atoms with E-state index < -0.39 is 0 Å². The topological polar surface area (TPSA) is 38.9 Å². The minimum Gasteiger partial charge on any atom is -0.330 e. The molecule has 1 atom stereocenters. The molecular weight excluding hydrogens is 228 g/mol. The van der Waals surface area contributed by atoms with Crippen LogP contribution in [0.1, 0.15) is 12.5 Å². The van der Waals surface area contributed by atoms with E-state index in [4.69, 9.17) is 17.3 Å². The van der Waals surface area contributed by atoms with Crippen molar-refractivity contribution in [2.45, 2.75) is 13.3 Å². The van der Waals surface area contributed by atoms with Crippen LogP contribution in [0.15, 0.2) is 17.6 Å². The quantitative estimate of drug-likeness (QED) is 0.896. The van der Waals surface area contributed by atoms with Gasteiger partial charge in [0.2, 0.25) is 0 Å². The summed E-state index contributed by atoms with van der Waals surface area (Å²) in [5.41, 5.74) is 9.63. The number of nitrogens with zero attached hydrogens (tertiary/aromatic N) is 1. The number of rotatable bonds is 3. The van der Waals surface area contributed by atoms with E-state index in [0.717, 1.165) is 27.2 Å². The third kappa shape index (κ3) is 2.30. The Morgan fingerprint density at radius 2 is 2.33 bits per heavy atom. The third-order valence-electron chi connectivity index (χ3n) is 2.47. The fourth-order valence-electron chi connectivity index (χ4n) is 1.54. The first-order valence-corrected chi connectivity index (χ1v) is 6.18. The lowest BCUT2D eigenvalue weighted by Crippen LogP contribution is -2.13. The second-order valence-electron chi connectivity index (χ2n) is 3.81. The summed E-state index contributed by atoms with van der Waals surface area (Å²) in [6.45, 7) is 2.81. The SMILES string of the molecule is CC(CN)Cc1cc2ncsc2cc1Cl. The Kier molecular flexibility index (Phi) is 3.24. The van der Waals surface area contributed by atoms with Gasteiger partial charge in [0.05, 0.1) is 15.7 Å². The van der Waals surface area contributed by atoms with Gasteiger partial charge in [-0.05, 0) is 36.6 Å². The Morgan fingerprint density at radius 3 is 3.07 bits per heavy atom. The first-order chi connectivity index (χ1) is 7.20. The van der Waals surface area contributed by atoms with Crippen LogP contribution in [0, 0.1) is 5.92 Å². The van der Waals surface area contributed by atoms with Crippen LogP contribution in [0.3, 0.4) is 0 Å². The van der Waals surface area contributed by atoms with Crippen LogP contribution >= 0.6 is 22.9 Å². The van der Waals surface area contributed by atoms with E-state index in [1.165, 1.54) is 0 Å². The number of hydrogen-bond acceptors (Lipinski definition) is 3. The summed E-state index contributed by atoms with van der Waals surface area (Å²) in [5, 5.41) is 0.826. The lowest BCUT2D eigenvalue weighted by atomic mass is 10.0. The molecule has 0 saturated heterocycles. The number of hydrogen-bond donors (Lipinski definition) is 1. The second-order valence-corrected chi connectivity index (χ2v) is 5.10. The lowest BCUT2D eigenvalue weighted by molar-refractivity contribution is 0.593. The van der Waals surface area contributed by atoms with Gasteiger partial charge in [0.15, 0.2) is 0 Å². The fraction of sp³-hybridized carbons (Fsp3) is 0.364. The molecule has 4 heteroatoms. The van der Waals surface area contributed by atoms with Crippen molar-refractivity contribution in [1.29, 1.82) is 0 Å². The van der Waals surface area contributed by atoms with Crippen molar-refractivity contribution in [2.24, 2.45) is 11.7 Å². The van der Waals surface area contributed by atoms with Gasteiger partial charge >= 0.3 is 0 Å². The molecule has 2 aromatic rings. The van der Waals surface area contributed by atoms with Crippen molar-refractivity contribution in [1.82, 2.24) is 4.98 Å². The van der Waals surface area contributed by atoms with E-state index >= 15 is 0 Å². The summed E-state index contributed by atoms with van der Waals surface area (Å²) in [4.78, 5) is 4.28. The average Bonchev–Trinajstić information content (AvgIpc) is 2.65. The smallest absolute Gasteiger partial charge is 0.0815 e. The first-order valence-electron chi connectivity index (χ1n) is 4.92. The van der Waals surface area contributed by atoms with Gasteiger partial charge in [0.1, 0.15) is 0 Å². The van der Waals surface area contributed by atoms with Crippen LogP contribution in [0.2, 0.25) is 5.02 Å². The maximum atomic E-state index is 6.20. The molecule has 0 bridgehead atoms. The van der Waals surface area contributed by atoms with Gasteiger partial charge in [0, 0.05) is 5.02 Å². The number of fused-ring (bicyclic) bond motifs is 1. The maximum Gasteiger partial charge on any atom is 0.0815 e. The summed E-state index contributed by atoms with van der Waals surface area (Å²) in [6, 6.07) is 4.06. The minimum absolute atomic E-state index is 0.457. The van der Waals surface area contributed by atoms with E-state index in [1.807, 2.05) is 11.6 Å². The predicted octanol–water partition coefficient (Wildman–Crippen LogP) is 3.09. The Labute approximate surface area is 98.1 Å². The van der Waals surface area contributed by atoms with Gasteiger partial charge in [0.25, 0.3) is 0 Å². The van der Waals surface area contributed by atoms with Crippen molar-refractivity contribution >= 4 is 33.2 Å². The van der Waals surface area contributed by atoms with Crippen molar-refractivity contribution in [3.05, 3.63) is 28.2 Å². The number of nitrogens with two attached hydrogens (primary N) is 1. The molecule has 2 nitrogen and oxygen atoms in total. The van der Waals surface area contributed by atoms with Crippen molar-refractivity contribution < 1.29 is 0 Å². The summed E-state index contributed by atoms with van der Waals surface area (Å²) < 4.78 is 1.14. The molecule has 0 fully saturated rings. The highest BCUT2D eigenvalue weighted by Gasteiger charge is 2.08. The van der Waals surface area contributed by atoms with E-state index in [2.05, 4.69) is 18.0 Å². The summed E-state index contributed by atoms with van der Waals surface area (Å²) in [6.07, 6.45) is 0.919. The van der Waals surface area contributed by atoms with Crippen molar-refractivity contribution in [3.8, 4) is 0 Å². The fourth-order valence-corrected chi connectivity index (χ4v) is 2.54. The Bertz CT molecular complexity index is 467. The van der Waals surface area contributed by atoms with Crippen LogP contribution in [0.4, 0.5) is 0 Å². The van der Waals surface area contributed by atoms with Crippen LogP contribution in [0.5, 0.6) is 0 Å². The lowest BCUT2D eigenvalue weighted by Gasteiger charge is -2.09. The molecule has 1 aromatic heterocycles. The molecular formula is C11H13ClN2S. The van der Waals surface area contributed by atoms with E-state index in [9.17, 15) is 0 Å². The van der Waals surface area contributed by atoms with Gasteiger partial charge < -0.3 is 5.73 Å². The molecule has 2 N–H and O–H groups in total. The minimum atomic E-state index is 0.457. The predicted molar refractivity (Wildman–Crippen MR) is 66.6 cm³/mol. The molecule has 15 heavy (non-hydrogen) atoms. The van der Waals surface area contributed by atoms with Gasteiger partial charge in [-0.15, -0.1) is 11.3 Å². The zero-order chi connectivity index (χ0) is 10.8. The highest BCUT2D eigenvalue weighted by atomic mass is 35.5. The molecule has 0 aliphatic carbocycles. The standard InChI is InChI=1S/C11H13ClN2S/c1-7(5-13)2-8-3-10-11(4-9(8)12)15-6-14-10/h3-4,6-7H,2,5,13H2,1H3. The number of benzene rings is 1. The summed E-state index contributed by atoms with van der Waals surface area (Å²) >= 11 is 7.81. The highest BCUT2D eigenvalue weighted by Crippen LogP contribution is 2.27. The first kappa shape index (κ1) is 10.9. The molecule has 2 rings (SSSR count). The van der Waals surface area contributed by atoms with Gasteiger partial charge in [-0.2, -0.15) is 0 Å². The molecule has 1 aromatic carbocycles. The van der Waals surface area contributed by atoms with E-state index in [1.54, 1.807) is 11.3 Å². The van der Waals surface area contributed by atoms with Crippen LogP contribution in [0.25, 0.3) is 10.2 Å². The van der Waals surface area contributed by atoms with Crippen LogP contribution < -0.4 is 5.73 Å². The summed E-state index contributed by atoms with van der Waals surface area (Å²) in [5.74, 6) is 0.457. The highest BCUT2D eigenvalue weighted by molar-refractivity contribution is 7.16. The van der Waals surface area contributed by atoms with Gasteiger partial charge in [-0.25, -0.2) is 4.98 Å². The molecule has 0 radical (unpaired) electrons. The van der Waals surface area contributed by atoms with E-state index in [-0.39, 0.29) is 0 Å². The van der Waals surface area contributed by atoms with Gasteiger partial charge in [-0.3, -0.25) is 0 Å². The Balaban J connectivity index is 2.37. The molecule has 0 amide bonds. The normalized spacial score (nSPS) is 13.3. The van der Waals surface area contributed by atoms with Crippen molar-refractivity contribution in [3.63, 3.8) is 0 Å². The Hall–Kier alpha value is -0.640. The van der Waals surface area contributed by atoms with Crippen LogP contribution in [-0.4, -0.2) is 11.5 Å². The van der Waals surface area contributed by atoms with E-state index in [0.29, 0.717) is 12.5 Å². The number of aromatic nitrogens is 1. The monoisotopic (exact) mass is 240 g/mol. The second kappa shape index (κ2) is 4.47. The van der Waals surface area contributed by atoms with Crippen molar-refractivity contribution in [2.75, 3.05) is 6.54 Å². The zero-order valence-electron chi connectivity index (χ0n) is 8.53. The zero-order valence-corrected chi connectivity index (χ0v) is 10.1. The molecule has 0 aliphatic rings. The molecule has 0 saturated carbocycles. The molecule has 80 valence electrons. The maximum absolute atomic E-state index is 6.20. The number of halogens is 1. The third-order valence-corrected chi connectivity index (χ3v) is 3.61. The van der Waals surface area contributed by atoms with Gasteiger partial charge in [-0.1, -0.05) is 18.5 Å². The average molecular weight is 241 g/mol. The number of thiazole rings is 1. The summed E-state index contributed by atoms with van der Waals surface area (Å²) in [7, 11) is 0. The van der Waals surface area contributed by atoms with Crippen LogP contribution in [-0.2, 0) is 6.42 Å². The largest absolute Gasteiger partial charge is 0.330 e. The molecule has 0 aliphatic heterocycles. The Morgan fingerprint density at radius 1 is 1.53 bits per heavy atom.